The second kappa shape index (κ2) is 16.6. The highest BCUT2D eigenvalue weighted by molar-refractivity contribution is 5.83. The van der Waals surface area contributed by atoms with Crippen molar-refractivity contribution in [1.29, 1.82) is 0 Å². The second-order valence-electron chi connectivity index (χ2n) is 8.39. The van der Waals surface area contributed by atoms with E-state index in [4.69, 9.17) is 5.21 Å². The lowest BCUT2D eigenvalue weighted by Gasteiger charge is -2.14. The first-order valence-corrected chi connectivity index (χ1v) is 11.5. The number of unbranched alkanes of at least 4 members (excludes halogenated alkanes) is 13. The summed E-state index contributed by atoms with van der Waals surface area (Å²) < 4.78 is 0. The molecular weight excluding hydrogens is 322 g/mol. The van der Waals surface area contributed by atoms with Crippen LogP contribution in [0.15, 0.2) is 5.16 Å². The van der Waals surface area contributed by atoms with E-state index in [1.807, 2.05) is 6.92 Å². The van der Waals surface area contributed by atoms with Crippen LogP contribution in [-0.2, 0) is 0 Å². The Hall–Kier alpha value is -0.610. The lowest BCUT2D eigenvalue weighted by atomic mass is 10.0. The van der Waals surface area contributed by atoms with Gasteiger partial charge in [0.05, 0.1) is 25.3 Å². The number of hydrogen-bond donors (Lipinski definition) is 2. The molecule has 1 aliphatic heterocycles. The van der Waals surface area contributed by atoms with Gasteiger partial charge < -0.3 is 10.1 Å². The maximum atomic E-state index is 8.76. The Labute approximate surface area is 163 Å². The molecule has 0 aromatic rings. The normalized spacial score (nSPS) is 18.7. The van der Waals surface area contributed by atoms with Crippen molar-refractivity contribution in [2.45, 2.75) is 104 Å². The van der Waals surface area contributed by atoms with Crippen LogP contribution in [0.4, 0.5) is 0 Å². The number of nitrogens with zero attached hydrogens (tertiary/aromatic N) is 2. The first-order chi connectivity index (χ1) is 12.8. The largest absolute Gasteiger partial charge is 0.411 e. The van der Waals surface area contributed by atoms with E-state index in [2.05, 4.69) is 17.0 Å². The predicted molar refractivity (Wildman–Crippen MR) is 112 cm³/mol. The molecule has 1 heterocycles. The van der Waals surface area contributed by atoms with Crippen molar-refractivity contribution in [3.05, 3.63) is 0 Å². The van der Waals surface area contributed by atoms with E-state index in [0.29, 0.717) is 0 Å². The third kappa shape index (κ3) is 12.7. The third-order valence-corrected chi connectivity index (χ3v) is 5.74. The van der Waals surface area contributed by atoms with Crippen molar-refractivity contribution in [1.82, 2.24) is 4.90 Å². The molecule has 1 unspecified atom stereocenters. The van der Waals surface area contributed by atoms with E-state index in [1.54, 1.807) is 4.90 Å². The fourth-order valence-corrected chi connectivity index (χ4v) is 4.05. The van der Waals surface area contributed by atoms with Gasteiger partial charge in [-0.05, 0) is 19.8 Å². The molecule has 0 aromatic heterocycles. The zero-order chi connectivity index (χ0) is 18.9. The molecule has 1 fully saturated rings. The van der Waals surface area contributed by atoms with Crippen LogP contribution in [0.2, 0.25) is 0 Å². The molecule has 2 N–H and O–H groups in total. The summed E-state index contributed by atoms with van der Waals surface area (Å²) in [7, 11) is 0. The monoisotopic (exact) mass is 368 g/mol. The molecule has 0 saturated carbocycles. The number of quaternary nitrogens is 1. The zero-order valence-electron chi connectivity index (χ0n) is 17.8. The van der Waals surface area contributed by atoms with Gasteiger partial charge in [-0.3, -0.25) is 0 Å². The number of nitrogens with one attached hydrogen (secondary N) is 1. The Morgan fingerprint density at radius 2 is 1.35 bits per heavy atom. The lowest BCUT2D eigenvalue weighted by Crippen LogP contribution is -3.10. The summed E-state index contributed by atoms with van der Waals surface area (Å²) in [5, 5.41) is 12.0. The van der Waals surface area contributed by atoms with Crippen LogP contribution in [0.3, 0.4) is 0 Å². The Morgan fingerprint density at radius 1 is 0.846 bits per heavy atom. The Bertz CT molecular complexity index is 346. The van der Waals surface area contributed by atoms with Crippen LogP contribution in [0.25, 0.3) is 0 Å². The summed E-state index contributed by atoms with van der Waals surface area (Å²) >= 11 is 0. The molecule has 1 saturated heterocycles. The molecular formula is C22H46N3O+. The van der Waals surface area contributed by atoms with E-state index >= 15 is 0 Å². The minimum atomic E-state index is 0.818. The summed E-state index contributed by atoms with van der Waals surface area (Å²) in [5.74, 6) is 0. The summed E-state index contributed by atoms with van der Waals surface area (Å²) in [4.78, 5) is 4.10. The summed E-state index contributed by atoms with van der Waals surface area (Å²) in [5.41, 5.74) is 0.822. The van der Waals surface area contributed by atoms with Crippen LogP contribution >= 0.6 is 0 Å². The van der Waals surface area contributed by atoms with E-state index in [1.165, 1.54) is 103 Å². The SMILES string of the molecule is CCCCCCCCCCCCCCCC[NH+]1CCN(C/C(C)=N/O)C1. The smallest absolute Gasteiger partial charge is 0.134 e. The maximum Gasteiger partial charge on any atom is 0.134 e. The summed E-state index contributed by atoms with van der Waals surface area (Å²) in [6.07, 6.45) is 20.1. The fraction of sp³-hybridized carbons (Fsp3) is 0.955. The van der Waals surface area contributed by atoms with Crippen LogP contribution in [0.5, 0.6) is 0 Å². The molecule has 1 rings (SSSR count). The van der Waals surface area contributed by atoms with E-state index < -0.39 is 0 Å². The van der Waals surface area contributed by atoms with Crippen LogP contribution in [-0.4, -0.2) is 48.7 Å². The minimum absolute atomic E-state index is 0.818. The van der Waals surface area contributed by atoms with Gasteiger partial charge in [0.15, 0.2) is 0 Å². The molecule has 4 heteroatoms. The Kier molecular flexibility index (Phi) is 14.9. The molecule has 1 atom stereocenters. The highest BCUT2D eigenvalue weighted by Crippen LogP contribution is 2.12. The first-order valence-electron chi connectivity index (χ1n) is 11.5. The van der Waals surface area contributed by atoms with Gasteiger partial charge in [0.25, 0.3) is 0 Å². The third-order valence-electron chi connectivity index (χ3n) is 5.74. The standard InChI is InChI=1S/C22H45N3O/c1-3-4-5-6-7-8-9-10-11-12-13-14-15-16-17-24-18-19-25(21-24)20-22(2)23-26/h26H,3-21H2,1-2H3/p+1/b23-22+. The van der Waals surface area contributed by atoms with Gasteiger partial charge in [-0.25, -0.2) is 4.90 Å². The van der Waals surface area contributed by atoms with Gasteiger partial charge in [-0.1, -0.05) is 89.1 Å². The molecule has 0 amide bonds. The van der Waals surface area contributed by atoms with Crippen LogP contribution in [0.1, 0.15) is 104 Å². The summed E-state index contributed by atoms with van der Waals surface area (Å²) in [6.45, 7) is 9.82. The molecule has 0 aliphatic carbocycles. The first kappa shape index (κ1) is 23.4. The van der Waals surface area contributed by atoms with Gasteiger partial charge in [0.1, 0.15) is 6.67 Å². The fourth-order valence-electron chi connectivity index (χ4n) is 4.05. The topological polar surface area (TPSA) is 40.3 Å². The van der Waals surface area contributed by atoms with Crippen molar-refractivity contribution in [2.24, 2.45) is 5.16 Å². The van der Waals surface area contributed by atoms with E-state index in [0.717, 1.165) is 25.5 Å². The Morgan fingerprint density at radius 3 is 1.85 bits per heavy atom. The number of rotatable bonds is 17. The molecule has 0 spiro atoms. The Balaban J connectivity index is 1.79. The molecule has 154 valence electrons. The molecule has 0 bridgehead atoms. The van der Waals surface area contributed by atoms with Gasteiger partial charge in [0.2, 0.25) is 0 Å². The van der Waals surface area contributed by atoms with Crippen LogP contribution < -0.4 is 4.90 Å². The van der Waals surface area contributed by atoms with Gasteiger partial charge in [-0.15, -0.1) is 0 Å². The number of oxime groups is 1. The van der Waals surface area contributed by atoms with E-state index in [-0.39, 0.29) is 0 Å². The maximum absolute atomic E-state index is 8.76. The quantitative estimate of drug-likeness (QED) is 0.172. The number of hydrogen-bond acceptors (Lipinski definition) is 3. The van der Waals surface area contributed by atoms with E-state index in [9.17, 15) is 0 Å². The van der Waals surface area contributed by atoms with Gasteiger partial charge in [0, 0.05) is 6.54 Å². The molecule has 1 aliphatic rings. The van der Waals surface area contributed by atoms with Crippen molar-refractivity contribution in [3.63, 3.8) is 0 Å². The predicted octanol–water partition coefficient (Wildman–Crippen LogP) is 4.48. The van der Waals surface area contributed by atoms with Gasteiger partial charge in [-0.2, -0.15) is 0 Å². The average molecular weight is 369 g/mol. The van der Waals surface area contributed by atoms with Crippen molar-refractivity contribution in [2.75, 3.05) is 32.8 Å². The molecule has 4 nitrogen and oxygen atoms in total. The highest BCUT2D eigenvalue weighted by Gasteiger charge is 2.23. The molecule has 26 heavy (non-hydrogen) atoms. The van der Waals surface area contributed by atoms with Gasteiger partial charge >= 0.3 is 0 Å². The zero-order valence-corrected chi connectivity index (χ0v) is 17.8. The lowest BCUT2D eigenvalue weighted by molar-refractivity contribution is -0.892. The van der Waals surface area contributed by atoms with Crippen molar-refractivity contribution >= 4 is 5.71 Å². The highest BCUT2D eigenvalue weighted by atomic mass is 16.4. The van der Waals surface area contributed by atoms with Crippen molar-refractivity contribution < 1.29 is 10.1 Å². The van der Waals surface area contributed by atoms with Crippen LogP contribution in [0, 0.1) is 0 Å². The molecule has 0 aromatic carbocycles. The second-order valence-corrected chi connectivity index (χ2v) is 8.39. The minimum Gasteiger partial charge on any atom is -0.411 e. The molecule has 0 radical (unpaired) electrons. The average Bonchev–Trinajstić information content (AvgIpc) is 3.09. The summed E-state index contributed by atoms with van der Waals surface area (Å²) in [6, 6.07) is 0. The van der Waals surface area contributed by atoms with Crippen molar-refractivity contribution in [3.8, 4) is 0 Å².